The number of Topliss-reactive ketones (excluding diaryl/α,β-unsaturated/α-hetero) is 2. The topological polar surface area (TPSA) is 46.2 Å². The summed E-state index contributed by atoms with van der Waals surface area (Å²) in [4.78, 5) is 22.7. The van der Waals surface area contributed by atoms with E-state index in [9.17, 15) is 9.59 Å². The molecular formula is C16H15NO2. The van der Waals surface area contributed by atoms with Crippen LogP contribution in [0.4, 0.5) is 11.4 Å². The summed E-state index contributed by atoms with van der Waals surface area (Å²) in [5.74, 6) is 0.0548. The van der Waals surface area contributed by atoms with Crippen LogP contribution in [0.1, 0.15) is 34.6 Å². The minimum atomic E-state index is 0.0171. The fourth-order valence-corrected chi connectivity index (χ4v) is 1.84. The van der Waals surface area contributed by atoms with E-state index in [-0.39, 0.29) is 11.6 Å². The molecule has 0 spiro atoms. The van der Waals surface area contributed by atoms with Gasteiger partial charge in [0.25, 0.3) is 0 Å². The first kappa shape index (κ1) is 13.0. The van der Waals surface area contributed by atoms with Crippen LogP contribution >= 0.6 is 0 Å². The van der Waals surface area contributed by atoms with Gasteiger partial charge < -0.3 is 5.32 Å². The fraction of sp³-hybridized carbons (Fsp3) is 0.125. The maximum absolute atomic E-state index is 11.5. The van der Waals surface area contributed by atoms with Crippen LogP contribution in [0.5, 0.6) is 0 Å². The van der Waals surface area contributed by atoms with Crippen molar-refractivity contribution >= 4 is 22.9 Å². The number of carbonyl (C=O) groups is 2. The van der Waals surface area contributed by atoms with E-state index in [1.807, 2.05) is 30.3 Å². The van der Waals surface area contributed by atoms with Gasteiger partial charge in [0.05, 0.1) is 0 Å². The zero-order chi connectivity index (χ0) is 13.8. The number of nitrogens with one attached hydrogen (secondary N) is 1. The zero-order valence-corrected chi connectivity index (χ0v) is 10.9. The quantitative estimate of drug-likeness (QED) is 0.842. The van der Waals surface area contributed by atoms with Gasteiger partial charge in [0.1, 0.15) is 0 Å². The fourth-order valence-electron chi connectivity index (χ4n) is 1.84. The Morgan fingerprint density at radius 3 is 2.05 bits per heavy atom. The van der Waals surface area contributed by atoms with Gasteiger partial charge in [-0.1, -0.05) is 12.1 Å². The predicted octanol–water partition coefficient (Wildman–Crippen LogP) is 3.84. The van der Waals surface area contributed by atoms with Crippen LogP contribution in [0.2, 0.25) is 0 Å². The van der Waals surface area contributed by atoms with Gasteiger partial charge in [-0.2, -0.15) is 0 Å². The van der Waals surface area contributed by atoms with Crippen molar-refractivity contribution in [2.75, 3.05) is 5.32 Å². The average Bonchev–Trinajstić information content (AvgIpc) is 2.39. The van der Waals surface area contributed by atoms with E-state index in [0.717, 1.165) is 11.4 Å². The Kier molecular flexibility index (Phi) is 3.76. The Balaban J connectivity index is 2.26. The highest BCUT2D eigenvalue weighted by atomic mass is 16.1. The lowest BCUT2D eigenvalue weighted by Crippen LogP contribution is -2.00. The summed E-state index contributed by atoms with van der Waals surface area (Å²) in [5.41, 5.74) is 2.94. The molecule has 0 aliphatic rings. The van der Waals surface area contributed by atoms with E-state index in [1.54, 1.807) is 25.1 Å². The molecule has 0 saturated heterocycles. The Hall–Kier alpha value is -2.42. The minimum absolute atomic E-state index is 0.0171. The normalized spacial score (nSPS) is 10.0. The number of anilines is 2. The van der Waals surface area contributed by atoms with E-state index in [4.69, 9.17) is 0 Å². The second-order valence-corrected chi connectivity index (χ2v) is 4.36. The molecule has 2 aromatic carbocycles. The van der Waals surface area contributed by atoms with Gasteiger partial charge >= 0.3 is 0 Å². The van der Waals surface area contributed by atoms with Crippen molar-refractivity contribution in [2.45, 2.75) is 13.8 Å². The van der Waals surface area contributed by atoms with Crippen LogP contribution in [-0.4, -0.2) is 11.6 Å². The standard InChI is InChI=1S/C16H15NO2/c1-11(18)13-7-9-14(10-8-13)17-16-6-4-3-5-15(16)12(2)19/h3-10,17H,1-2H3. The van der Waals surface area contributed by atoms with Gasteiger partial charge in [0.2, 0.25) is 0 Å². The molecule has 0 aliphatic heterocycles. The molecule has 0 unspecified atom stereocenters. The van der Waals surface area contributed by atoms with Crippen molar-refractivity contribution in [3.8, 4) is 0 Å². The summed E-state index contributed by atoms with van der Waals surface area (Å²) in [7, 11) is 0. The number of benzene rings is 2. The number of hydrogen-bond donors (Lipinski definition) is 1. The number of hydrogen-bond acceptors (Lipinski definition) is 3. The maximum Gasteiger partial charge on any atom is 0.161 e. The minimum Gasteiger partial charge on any atom is -0.355 e. The van der Waals surface area contributed by atoms with Crippen molar-refractivity contribution in [3.63, 3.8) is 0 Å². The third-order valence-electron chi connectivity index (χ3n) is 2.88. The van der Waals surface area contributed by atoms with E-state index in [1.165, 1.54) is 6.92 Å². The summed E-state index contributed by atoms with van der Waals surface area (Å²) < 4.78 is 0. The summed E-state index contributed by atoms with van der Waals surface area (Å²) in [5, 5.41) is 3.19. The molecule has 0 amide bonds. The van der Waals surface area contributed by atoms with Crippen LogP contribution < -0.4 is 5.32 Å². The van der Waals surface area contributed by atoms with Crippen LogP contribution in [0.3, 0.4) is 0 Å². The lowest BCUT2D eigenvalue weighted by atomic mass is 10.1. The Morgan fingerprint density at radius 2 is 1.47 bits per heavy atom. The van der Waals surface area contributed by atoms with E-state index in [2.05, 4.69) is 5.32 Å². The zero-order valence-electron chi connectivity index (χ0n) is 10.9. The van der Waals surface area contributed by atoms with E-state index >= 15 is 0 Å². The van der Waals surface area contributed by atoms with E-state index < -0.39 is 0 Å². The van der Waals surface area contributed by atoms with Gasteiger partial charge in [-0.3, -0.25) is 9.59 Å². The molecule has 2 aromatic rings. The van der Waals surface area contributed by atoms with E-state index in [0.29, 0.717) is 11.1 Å². The molecule has 3 nitrogen and oxygen atoms in total. The molecule has 0 heterocycles. The predicted molar refractivity (Wildman–Crippen MR) is 76.2 cm³/mol. The highest BCUT2D eigenvalue weighted by Gasteiger charge is 2.06. The largest absolute Gasteiger partial charge is 0.355 e. The highest BCUT2D eigenvalue weighted by Crippen LogP contribution is 2.21. The van der Waals surface area contributed by atoms with Crippen molar-refractivity contribution in [2.24, 2.45) is 0 Å². The summed E-state index contributed by atoms with van der Waals surface area (Å²) in [6.07, 6.45) is 0. The van der Waals surface area contributed by atoms with Crippen LogP contribution in [0.15, 0.2) is 48.5 Å². The molecule has 0 bridgehead atoms. The Labute approximate surface area is 112 Å². The second-order valence-electron chi connectivity index (χ2n) is 4.36. The van der Waals surface area contributed by atoms with Crippen molar-refractivity contribution in [3.05, 3.63) is 59.7 Å². The summed E-state index contributed by atoms with van der Waals surface area (Å²) in [6.45, 7) is 3.08. The summed E-state index contributed by atoms with van der Waals surface area (Å²) >= 11 is 0. The van der Waals surface area contributed by atoms with Gasteiger partial charge in [-0.25, -0.2) is 0 Å². The first-order chi connectivity index (χ1) is 9.08. The monoisotopic (exact) mass is 253 g/mol. The Bertz CT molecular complexity index is 615. The van der Waals surface area contributed by atoms with Crippen molar-refractivity contribution in [1.82, 2.24) is 0 Å². The molecule has 96 valence electrons. The SMILES string of the molecule is CC(=O)c1ccc(Nc2ccccc2C(C)=O)cc1. The molecule has 0 aliphatic carbocycles. The molecule has 0 fully saturated rings. The third kappa shape index (κ3) is 3.07. The Morgan fingerprint density at radius 1 is 0.842 bits per heavy atom. The first-order valence-corrected chi connectivity index (χ1v) is 6.06. The maximum atomic E-state index is 11.5. The van der Waals surface area contributed by atoms with Gasteiger partial charge in [-0.15, -0.1) is 0 Å². The molecule has 2 rings (SSSR count). The smallest absolute Gasteiger partial charge is 0.161 e. The molecule has 19 heavy (non-hydrogen) atoms. The molecule has 0 radical (unpaired) electrons. The van der Waals surface area contributed by atoms with Crippen molar-refractivity contribution < 1.29 is 9.59 Å². The van der Waals surface area contributed by atoms with Crippen LogP contribution in [0.25, 0.3) is 0 Å². The lowest BCUT2D eigenvalue weighted by molar-refractivity contribution is 0.101. The highest BCUT2D eigenvalue weighted by molar-refractivity contribution is 6.00. The molecule has 0 saturated carbocycles. The van der Waals surface area contributed by atoms with Crippen LogP contribution in [0, 0.1) is 0 Å². The van der Waals surface area contributed by atoms with Crippen LogP contribution in [-0.2, 0) is 0 Å². The molecule has 1 N–H and O–H groups in total. The second kappa shape index (κ2) is 5.48. The number of para-hydroxylation sites is 1. The number of ketones is 2. The number of carbonyl (C=O) groups excluding carboxylic acids is 2. The third-order valence-corrected chi connectivity index (χ3v) is 2.88. The molecular weight excluding hydrogens is 238 g/mol. The average molecular weight is 253 g/mol. The summed E-state index contributed by atoms with van der Waals surface area (Å²) in [6, 6.07) is 14.5. The lowest BCUT2D eigenvalue weighted by Gasteiger charge is -2.10. The molecule has 3 heteroatoms. The number of rotatable bonds is 4. The first-order valence-electron chi connectivity index (χ1n) is 6.06. The van der Waals surface area contributed by atoms with Gasteiger partial charge in [0, 0.05) is 22.5 Å². The van der Waals surface area contributed by atoms with Gasteiger partial charge in [0.15, 0.2) is 11.6 Å². The van der Waals surface area contributed by atoms with Crippen molar-refractivity contribution in [1.29, 1.82) is 0 Å². The van der Waals surface area contributed by atoms with Gasteiger partial charge in [-0.05, 0) is 50.2 Å². The molecule has 0 aromatic heterocycles. The molecule has 0 atom stereocenters.